The van der Waals surface area contributed by atoms with Gasteiger partial charge in [-0.2, -0.15) is 8.42 Å². The van der Waals surface area contributed by atoms with Crippen molar-refractivity contribution < 1.29 is 17.4 Å². The van der Waals surface area contributed by atoms with Gasteiger partial charge in [0.25, 0.3) is 5.91 Å². The molecule has 0 unspecified atom stereocenters. The minimum Gasteiger partial charge on any atom is -0.371 e. The molecule has 1 heterocycles. The van der Waals surface area contributed by atoms with Crippen molar-refractivity contribution in [3.63, 3.8) is 0 Å². The molecule has 0 bridgehead atoms. The van der Waals surface area contributed by atoms with E-state index in [4.69, 9.17) is 0 Å². The van der Waals surface area contributed by atoms with Crippen LogP contribution in [0.25, 0.3) is 0 Å². The molecule has 0 fully saturated rings. The minimum atomic E-state index is -3.85. The molecule has 6 heteroatoms. The summed E-state index contributed by atoms with van der Waals surface area (Å²) in [7, 11) is -3.85. The van der Waals surface area contributed by atoms with Crippen LogP contribution >= 0.6 is 0 Å². The minimum absolute atomic E-state index is 0.0729. The Morgan fingerprint density at radius 1 is 1.60 bits per heavy atom. The summed E-state index contributed by atoms with van der Waals surface area (Å²) in [6.07, 6.45) is 1.06. The van der Waals surface area contributed by atoms with Crippen molar-refractivity contribution in [2.24, 2.45) is 0 Å². The molecule has 0 aromatic heterocycles. The lowest BCUT2D eigenvalue weighted by atomic mass is 11.4. The van der Waals surface area contributed by atoms with Crippen LogP contribution in [0, 0.1) is 0 Å². The number of allylic oxidation sites excluding steroid dienone is 1. The van der Waals surface area contributed by atoms with Crippen molar-refractivity contribution in [2.75, 3.05) is 0 Å². The smallest absolute Gasteiger partial charge is 0.371 e. The Morgan fingerprint density at radius 2 is 2.20 bits per heavy atom. The lowest BCUT2D eigenvalue weighted by Crippen LogP contribution is -2.34. The van der Waals surface area contributed by atoms with Crippen LogP contribution in [-0.2, 0) is 19.3 Å². The molecule has 56 valence electrons. The number of hydrogen-bond acceptors (Lipinski definition) is 4. The van der Waals surface area contributed by atoms with E-state index in [1.165, 1.54) is 6.92 Å². The van der Waals surface area contributed by atoms with Crippen LogP contribution in [0.1, 0.15) is 6.92 Å². The summed E-state index contributed by atoms with van der Waals surface area (Å²) in [4.78, 5) is 10.4. The summed E-state index contributed by atoms with van der Waals surface area (Å²) in [5.74, 6) is -0.604. The summed E-state index contributed by atoms with van der Waals surface area (Å²) in [5, 5.41) is 0. The van der Waals surface area contributed by atoms with Gasteiger partial charge in [-0.3, -0.25) is 4.79 Å². The predicted octanol–water partition coefficient (Wildman–Crippen LogP) is -0.719. The summed E-state index contributed by atoms with van der Waals surface area (Å²) >= 11 is 0. The molecule has 0 aromatic carbocycles. The van der Waals surface area contributed by atoms with Crippen LogP contribution < -0.4 is 4.72 Å². The van der Waals surface area contributed by atoms with E-state index in [0.717, 1.165) is 6.08 Å². The fourth-order valence-corrected chi connectivity index (χ4v) is 1.30. The van der Waals surface area contributed by atoms with Crippen LogP contribution in [0.15, 0.2) is 11.8 Å². The van der Waals surface area contributed by atoms with E-state index in [1.807, 2.05) is 0 Å². The van der Waals surface area contributed by atoms with Crippen molar-refractivity contribution in [3.05, 3.63) is 11.8 Å². The van der Waals surface area contributed by atoms with Crippen molar-refractivity contribution in [1.29, 1.82) is 0 Å². The first kappa shape index (κ1) is 7.07. The number of carbonyl (C=O) groups excluding carboxylic acids is 1. The van der Waals surface area contributed by atoms with Crippen LogP contribution in [0.2, 0.25) is 0 Å². The molecule has 0 radical (unpaired) electrons. The molecule has 0 saturated carbocycles. The van der Waals surface area contributed by atoms with E-state index >= 15 is 0 Å². The van der Waals surface area contributed by atoms with E-state index in [0.29, 0.717) is 0 Å². The normalized spacial score (nSPS) is 22.5. The predicted molar refractivity (Wildman–Crippen MR) is 31.9 cm³/mol. The van der Waals surface area contributed by atoms with E-state index in [-0.39, 0.29) is 5.76 Å². The van der Waals surface area contributed by atoms with Gasteiger partial charge < -0.3 is 4.18 Å². The quantitative estimate of drug-likeness (QED) is 0.483. The molecular weight excluding hydrogens is 162 g/mol. The SMILES string of the molecule is [13CH3][13C]1=[13CH][13C](=O)NS(=O)(=O)O1. The summed E-state index contributed by atoms with van der Waals surface area (Å²) in [5.41, 5.74) is 0. The van der Waals surface area contributed by atoms with Crippen molar-refractivity contribution in [3.8, 4) is 0 Å². The highest BCUT2D eigenvalue weighted by molar-refractivity contribution is 7.85. The molecular formula is C4H5NO4S. The third kappa shape index (κ3) is 1.47. The first-order chi connectivity index (χ1) is 4.49. The second-order valence-corrected chi connectivity index (χ2v) is 3.04. The van der Waals surface area contributed by atoms with Gasteiger partial charge >= 0.3 is 10.3 Å². The van der Waals surface area contributed by atoms with Crippen molar-refractivity contribution in [2.45, 2.75) is 6.92 Å². The maximum absolute atomic E-state index is 10.5. The maximum Gasteiger partial charge on any atom is 0.409 e. The van der Waals surface area contributed by atoms with Gasteiger partial charge in [-0.15, -0.1) is 0 Å². The number of nitrogens with one attached hydrogen (secondary N) is 1. The highest BCUT2D eigenvalue weighted by Gasteiger charge is 2.20. The number of amides is 1. The van der Waals surface area contributed by atoms with Gasteiger partial charge in [0.2, 0.25) is 0 Å². The summed E-state index contributed by atoms with van der Waals surface area (Å²) in [6.45, 7) is 1.39. The average molecular weight is 167 g/mol. The Labute approximate surface area is 57.9 Å². The number of carbonyl (C=O) groups is 1. The van der Waals surface area contributed by atoms with E-state index in [2.05, 4.69) is 4.18 Å². The molecule has 1 N–H and O–H groups in total. The van der Waals surface area contributed by atoms with Crippen molar-refractivity contribution in [1.82, 2.24) is 4.72 Å². The third-order valence-electron chi connectivity index (χ3n) is 0.801. The Balaban J connectivity index is 3.02. The van der Waals surface area contributed by atoms with Gasteiger partial charge in [-0.1, -0.05) is 0 Å². The van der Waals surface area contributed by atoms with Crippen LogP contribution in [0.4, 0.5) is 0 Å². The fourth-order valence-electron chi connectivity index (χ4n) is 0.555. The molecule has 0 spiro atoms. The maximum atomic E-state index is 10.5. The molecule has 0 aliphatic carbocycles. The van der Waals surface area contributed by atoms with E-state index in [1.54, 1.807) is 4.72 Å². The molecule has 1 aliphatic rings. The van der Waals surface area contributed by atoms with Gasteiger partial charge in [0.1, 0.15) is 5.76 Å². The second-order valence-electron chi connectivity index (χ2n) is 1.76. The number of hydrogen-bond donors (Lipinski definition) is 1. The van der Waals surface area contributed by atoms with Crippen LogP contribution in [-0.4, -0.2) is 14.3 Å². The zero-order valence-electron chi connectivity index (χ0n) is 5.12. The van der Waals surface area contributed by atoms with E-state index in [9.17, 15) is 13.2 Å². The molecule has 1 amide bonds. The third-order valence-corrected chi connectivity index (χ3v) is 1.73. The molecule has 0 atom stereocenters. The zero-order valence-corrected chi connectivity index (χ0v) is 5.94. The summed E-state index contributed by atoms with van der Waals surface area (Å²) < 4.78 is 26.8. The fraction of sp³-hybridized carbons (Fsp3) is 0.250. The topological polar surface area (TPSA) is 72.5 Å². The van der Waals surface area contributed by atoms with Crippen molar-refractivity contribution >= 4 is 16.2 Å². The highest BCUT2D eigenvalue weighted by atomic mass is 32.2. The highest BCUT2D eigenvalue weighted by Crippen LogP contribution is 2.05. The van der Waals surface area contributed by atoms with Crippen LogP contribution in [0.3, 0.4) is 0 Å². The lowest BCUT2D eigenvalue weighted by Gasteiger charge is -2.10. The molecule has 0 saturated heterocycles. The average Bonchev–Trinajstić information content (AvgIpc) is 1.54. The lowest BCUT2D eigenvalue weighted by molar-refractivity contribution is -0.115. The largest absolute Gasteiger partial charge is 0.409 e. The summed E-state index contributed by atoms with van der Waals surface area (Å²) in [6, 6.07) is 0. The van der Waals surface area contributed by atoms with Crippen LogP contribution in [0.5, 0.6) is 0 Å². The Hall–Kier alpha value is -1.04. The standard InChI is InChI=1S/C4H5NO4S/c1-3-2-4(6)5-10(7,8)9-3/h2H,1H3,(H,5,6)/i1+1,2+1,3+1,4+1. The molecule has 1 rings (SSSR count). The first-order valence-corrected chi connectivity index (χ1v) is 3.85. The van der Waals surface area contributed by atoms with Gasteiger partial charge in [0.05, 0.1) is 0 Å². The second kappa shape index (κ2) is 1.98. The molecule has 0 aromatic rings. The van der Waals surface area contributed by atoms with Gasteiger partial charge in [0, 0.05) is 6.08 Å². The van der Waals surface area contributed by atoms with Gasteiger partial charge in [-0.25, -0.2) is 4.72 Å². The number of rotatable bonds is 0. The molecule has 1 aliphatic heterocycles. The Morgan fingerprint density at radius 3 is 2.60 bits per heavy atom. The first-order valence-electron chi connectivity index (χ1n) is 2.44. The molecule has 10 heavy (non-hydrogen) atoms. The monoisotopic (exact) mass is 167 g/mol. The Kier molecular flexibility index (Phi) is 1.40. The zero-order chi connectivity index (χ0) is 7.78. The Bertz CT molecular complexity index is 288. The van der Waals surface area contributed by atoms with Gasteiger partial charge in [0.15, 0.2) is 0 Å². The molecule has 5 nitrogen and oxygen atoms in total. The van der Waals surface area contributed by atoms with E-state index < -0.39 is 16.2 Å². The van der Waals surface area contributed by atoms with Gasteiger partial charge in [-0.05, 0) is 6.92 Å².